The third kappa shape index (κ3) is 5.19. The van der Waals surface area contributed by atoms with Crippen LogP contribution in [0.4, 0.5) is 4.79 Å². The fraction of sp³-hybridized carbons (Fsp3) is 0.348. The van der Waals surface area contributed by atoms with Crippen molar-refractivity contribution in [1.82, 2.24) is 9.97 Å². The highest BCUT2D eigenvalue weighted by Crippen LogP contribution is 2.31. The van der Waals surface area contributed by atoms with Gasteiger partial charge in [-0.25, -0.2) is 4.79 Å². The molecule has 0 unspecified atom stereocenters. The molecule has 0 saturated carbocycles. The summed E-state index contributed by atoms with van der Waals surface area (Å²) in [5.74, 6) is 0.941. The van der Waals surface area contributed by atoms with Crippen LogP contribution in [0, 0.1) is 12.8 Å². The number of rotatable bonds is 7. The van der Waals surface area contributed by atoms with E-state index >= 15 is 0 Å². The van der Waals surface area contributed by atoms with E-state index in [1.165, 1.54) is 0 Å². The van der Waals surface area contributed by atoms with Gasteiger partial charge in [-0.3, -0.25) is 9.97 Å². The standard InChI is InChI=1S/C23H26ClN3O3/c1-14(2)11-23(4,30-22(25)28)13-29-21-12-27-19(9-15(21)3)18-7-8-26-20-10-16(24)5-6-17(18)20/h5-10,12,14H,11,13H2,1-4H3,(H2,25,28)/t23-/m0/s1. The molecular formula is C23H26ClN3O3. The monoisotopic (exact) mass is 427 g/mol. The van der Waals surface area contributed by atoms with Gasteiger partial charge in [0.05, 0.1) is 17.4 Å². The van der Waals surface area contributed by atoms with Crippen molar-refractivity contribution in [2.45, 2.75) is 39.7 Å². The van der Waals surface area contributed by atoms with Gasteiger partial charge < -0.3 is 15.2 Å². The Morgan fingerprint density at radius 3 is 2.67 bits per heavy atom. The van der Waals surface area contributed by atoms with Crippen LogP contribution in [0.3, 0.4) is 0 Å². The number of hydrogen-bond acceptors (Lipinski definition) is 5. The molecule has 2 heterocycles. The molecule has 0 fully saturated rings. The first kappa shape index (κ1) is 21.8. The Bertz CT molecular complexity index is 1070. The van der Waals surface area contributed by atoms with Gasteiger partial charge in [0.1, 0.15) is 18.0 Å². The molecule has 0 saturated heterocycles. The molecule has 0 aliphatic carbocycles. The van der Waals surface area contributed by atoms with Crippen LogP contribution in [0.1, 0.15) is 32.8 Å². The van der Waals surface area contributed by atoms with E-state index in [4.69, 9.17) is 26.8 Å². The van der Waals surface area contributed by atoms with Gasteiger partial charge in [-0.2, -0.15) is 0 Å². The molecule has 0 aliphatic rings. The summed E-state index contributed by atoms with van der Waals surface area (Å²) < 4.78 is 11.3. The largest absolute Gasteiger partial charge is 0.488 e. The molecule has 6 nitrogen and oxygen atoms in total. The molecule has 158 valence electrons. The number of aryl methyl sites for hydroxylation is 1. The van der Waals surface area contributed by atoms with Crippen LogP contribution in [-0.2, 0) is 4.74 Å². The van der Waals surface area contributed by atoms with Crippen molar-refractivity contribution in [3.05, 3.63) is 53.3 Å². The first-order valence-corrected chi connectivity index (χ1v) is 10.2. The summed E-state index contributed by atoms with van der Waals surface area (Å²) in [6, 6.07) is 9.51. The Hall–Kier alpha value is -2.86. The van der Waals surface area contributed by atoms with E-state index in [0.29, 0.717) is 23.1 Å². The van der Waals surface area contributed by atoms with Gasteiger partial charge in [0.25, 0.3) is 0 Å². The summed E-state index contributed by atoms with van der Waals surface area (Å²) in [5.41, 5.74) is 7.95. The zero-order valence-electron chi connectivity index (χ0n) is 17.6. The molecule has 0 bridgehead atoms. The van der Waals surface area contributed by atoms with E-state index in [1.54, 1.807) is 12.4 Å². The number of amides is 1. The summed E-state index contributed by atoms with van der Waals surface area (Å²) in [7, 11) is 0. The molecule has 3 rings (SSSR count). The summed E-state index contributed by atoms with van der Waals surface area (Å²) in [5, 5.41) is 1.62. The van der Waals surface area contributed by atoms with Crippen LogP contribution >= 0.6 is 11.6 Å². The highest BCUT2D eigenvalue weighted by atomic mass is 35.5. The second-order valence-electron chi connectivity index (χ2n) is 8.11. The Balaban J connectivity index is 1.85. The number of halogens is 1. The van der Waals surface area contributed by atoms with Crippen LogP contribution in [0.5, 0.6) is 5.75 Å². The molecule has 1 atom stereocenters. The fourth-order valence-corrected chi connectivity index (χ4v) is 3.82. The third-order valence-electron chi connectivity index (χ3n) is 4.76. The van der Waals surface area contributed by atoms with Gasteiger partial charge in [-0.05, 0) is 56.0 Å². The topological polar surface area (TPSA) is 87.3 Å². The average Bonchev–Trinajstić information content (AvgIpc) is 2.65. The van der Waals surface area contributed by atoms with Crippen LogP contribution < -0.4 is 10.5 Å². The zero-order valence-corrected chi connectivity index (χ0v) is 18.4. The Kier molecular flexibility index (Phi) is 6.46. The van der Waals surface area contributed by atoms with Crippen molar-refractivity contribution in [3.63, 3.8) is 0 Å². The number of fused-ring (bicyclic) bond motifs is 1. The molecular weight excluding hydrogens is 402 g/mol. The number of nitrogens with two attached hydrogens (primary N) is 1. The van der Waals surface area contributed by atoms with E-state index in [-0.39, 0.29) is 6.61 Å². The van der Waals surface area contributed by atoms with E-state index in [1.807, 2.05) is 44.2 Å². The summed E-state index contributed by atoms with van der Waals surface area (Å²) >= 11 is 6.09. The molecule has 1 aromatic carbocycles. The lowest BCUT2D eigenvalue weighted by Crippen LogP contribution is -2.41. The predicted molar refractivity (Wildman–Crippen MR) is 119 cm³/mol. The number of aromatic nitrogens is 2. The third-order valence-corrected chi connectivity index (χ3v) is 5.00. The van der Waals surface area contributed by atoms with Crippen molar-refractivity contribution in [1.29, 1.82) is 0 Å². The van der Waals surface area contributed by atoms with Crippen LogP contribution in [-0.4, -0.2) is 28.3 Å². The fourth-order valence-electron chi connectivity index (χ4n) is 3.65. The first-order valence-electron chi connectivity index (χ1n) is 9.79. The molecule has 1 amide bonds. The van der Waals surface area contributed by atoms with Crippen molar-refractivity contribution >= 4 is 28.6 Å². The maximum Gasteiger partial charge on any atom is 0.405 e. The molecule has 2 aromatic heterocycles. The minimum absolute atomic E-state index is 0.187. The van der Waals surface area contributed by atoms with E-state index in [0.717, 1.165) is 27.7 Å². The number of primary amides is 1. The minimum atomic E-state index is -0.814. The molecule has 2 N–H and O–H groups in total. The lowest BCUT2D eigenvalue weighted by Gasteiger charge is -2.30. The Morgan fingerprint density at radius 1 is 1.23 bits per heavy atom. The van der Waals surface area contributed by atoms with E-state index < -0.39 is 11.7 Å². The number of nitrogens with zero attached hydrogens (tertiary/aromatic N) is 2. The Morgan fingerprint density at radius 2 is 2.00 bits per heavy atom. The zero-order chi connectivity index (χ0) is 21.9. The van der Waals surface area contributed by atoms with Crippen molar-refractivity contribution in [3.8, 4) is 17.0 Å². The average molecular weight is 428 g/mol. The highest BCUT2D eigenvalue weighted by Gasteiger charge is 2.30. The quantitative estimate of drug-likeness (QED) is 0.535. The highest BCUT2D eigenvalue weighted by molar-refractivity contribution is 6.31. The summed E-state index contributed by atoms with van der Waals surface area (Å²) in [4.78, 5) is 20.3. The summed E-state index contributed by atoms with van der Waals surface area (Å²) in [6.07, 6.45) is 3.25. The first-order chi connectivity index (χ1) is 14.2. The van der Waals surface area contributed by atoms with Gasteiger partial charge in [0.15, 0.2) is 0 Å². The van der Waals surface area contributed by atoms with Crippen LogP contribution in [0.15, 0.2) is 42.7 Å². The SMILES string of the molecule is Cc1cc(-c2ccnc3cc(Cl)ccc23)ncc1OC[C@](C)(CC(C)C)OC(N)=O. The van der Waals surface area contributed by atoms with Gasteiger partial charge in [-0.1, -0.05) is 31.5 Å². The second kappa shape index (κ2) is 8.88. The van der Waals surface area contributed by atoms with E-state index in [2.05, 4.69) is 23.8 Å². The lowest BCUT2D eigenvalue weighted by molar-refractivity contribution is -0.0188. The smallest absolute Gasteiger partial charge is 0.405 e. The number of hydrogen-bond donors (Lipinski definition) is 1. The summed E-state index contributed by atoms with van der Waals surface area (Å²) in [6.45, 7) is 8.07. The molecule has 7 heteroatoms. The van der Waals surface area contributed by atoms with Gasteiger partial charge in [-0.15, -0.1) is 0 Å². The number of pyridine rings is 2. The number of benzene rings is 1. The number of carbonyl (C=O) groups excluding carboxylic acids is 1. The van der Waals surface area contributed by atoms with Gasteiger partial charge >= 0.3 is 6.09 Å². The van der Waals surface area contributed by atoms with Crippen LogP contribution in [0.25, 0.3) is 22.2 Å². The predicted octanol–water partition coefficient (Wildman–Crippen LogP) is 5.54. The minimum Gasteiger partial charge on any atom is -0.488 e. The van der Waals surface area contributed by atoms with Gasteiger partial charge in [0.2, 0.25) is 0 Å². The van der Waals surface area contributed by atoms with Crippen molar-refractivity contribution in [2.75, 3.05) is 6.61 Å². The van der Waals surface area contributed by atoms with Crippen molar-refractivity contribution < 1.29 is 14.3 Å². The molecule has 0 spiro atoms. The van der Waals surface area contributed by atoms with Gasteiger partial charge in [0, 0.05) is 22.2 Å². The van der Waals surface area contributed by atoms with Crippen molar-refractivity contribution in [2.24, 2.45) is 11.7 Å². The number of carbonyl (C=O) groups is 1. The molecule has 30 heavy (non-hydrogen) atoms. The molecule has 0 radical (unpaired) electrons. The molecule has 3 aromatic rings. The maximum atomic E-state index is 11.3. The van der Waals surface area contributed by atoms with Crippen LogP contribution in [0.2, 0.25) is 5.02 Å². The lowest BCUT2D eigenvalue weighted by atomic mass is 9.95. The Labute approximate surface area is 181 Å². The van der Waals surface area contributed by atoms with E-state index in [9.17, 15) is 4.79 Å². The maximum absolute atomic E-state index is 11.3. The normalized spacial score (nSPS) is 13.3. The molecule has 0 aliphatic heterocycles. The number of ether oxygens (including phenoxy) is 2. The second-order valence-corrected chi connectivity index (χ2v) is 8.55.